The maximum Gasteiger partial charge on any atom is 0.262 e. The number of benzene rings is 2. The van der Waals surface area contributed by atoms with E-state index in [0.717, 1.165) is 35.5 Å². The van der Waals surface area contributed by atoms with Gasteiger partial charge in [-0.3, -0.25) is 4.79 Å². The predicted octanol–water partition coefficient (Wildman–Crippen LogP) is 3.88. The summed E-state index contributed by atoms with van der Waals surface area (Å²) in [6.45, 7) is 1.05. The van der Waals surface area contributed by atoms with Crippen molar-refractivity contribution >= 4 is 34.8 Å². The second-order valence-corrected chi connectivity index (χ2v) is 6.67. The molecule has 0 fully saturated rings. The second-order valence-electron chi connectivity index (χ2n) is 5.83. The lowest BCUT2D eigenvalue weighted by molar-refractivity contribution is -0.118. The van der Waals surface area contributed by atoms with Crippen LogP contribution in [0.25, 0.3) is 0 Å². The monoisotopic (exact) mass is 379 g/mol. The van der Waals surface area contributed by atoms with Crippen LogP contribution >= 0.6 is 23.2 Å². The SMILES string of the molecule is O=C(COc1ccc(Cl)cc1Cl)Nc1c2c(cc3c1OCC3)OCC2. The van der Waals surface area contributed by atoms with Gasteiger partial charge in [0.05, 0.1) is 23.9 Å². The molecule has 0 bridgehead atoms. The molecule has 2 aliphatic heterocycles. The van der Waals surface area contributed by atoms with Gasteiger partial charge in [-0.15, -0.1) is 0 Å². The van der Waals surface area contributed by atoms with Crippen molar-refractivity contribution in [2.45, 2.75) is 12.8 Å². The van der Waals surface area contributed by atoms with E-state index in [-0.39, 0.29) is 12.5 Å². The zero-order valence-corrected chi connectivity index (χ0v) is 14.7. The van der Waals surface area contributed by atoms with Gasteiger partial charge >= 0.3 is 0 Å². The van der Waals surface area contributed by atoms with Crippen molar-refractivity contribution in [2.24, 2.45) is 0 Å². The maximum absolute atomic E-state index is 12.4. The Labute approximate surface area is 154 Å². The molecule has 2 aromatic carbocycles. The van der Waals surface area contributed by atoms with Crippen molar-refractivity contribution in [3.63, 3.8) is 0 Å². The lowest BCUT2D eigenvalue weighted by Gasteiger charge is -2.14. The van der Waals surface area contributed by atoms with E-state index in [1.54, 1.807) is 18.2 Å². The minimum atomic E-state index is -0.288. The molecule has 0 unspecified atom stereocenters. The first-order valence-corrected chi connectivity index (χ1v) is 8.69. The summed E-state index contributed by atoms with van der Waals surface area (Å²) in [7, 11) is 0. The van der Waals surface area contributed by atoms with Gasteiger partial charge in [-0.25, -0.2) is 0 Å². The molecule has 25 heavy (non-hydrogen) atoms. The summed E-state index contributed by atoms with van der Waals surface area (Å²) in [6.07, 6.45) is 1.55. The van der Waals surface area contributed by atoms with Crippen LogP contribution in [0.4, 0.5) is 5.69 Å². The summed E-state index contributed by atoms with van der Waals surface area (Å²) in [5.41, 5.74) is 2.72. The molecule has 2 aromatic rings. The quantitative estimate of drug-likeness (QED) is 0.875. The highest BCUT2D eigenvalue weighted by atomic mass is 35.5. The number of fused-ring (bicyclic) bond motifs is 2. The van der Waals surface area contributed by atoms with Crippen molar-refractivity contribution in [1.29, 1.82) is 0 Å². The van der Waals surface area contributed by atoms with Crippen LogP contribution in [-0.4, -0.2) is 25.7 Å². The van der Waals surface area contributed by atoms with Gasteiger partial charge in [-0.1, -0.05) is 23.2 Å². The predicted molar refractivity (Wildman–Crippen MR) is 95.4 cm³/mol. The van der Waals surface area contributed by atoms with Crippen molar-refractivity contribution < 1.29 is 19.0 Å². The number of amides is 1. The average Bonchev–Trinajstić information content (AvgIpc) is 3.22. The molecule has 130 valence electrons. The Hall–Kier alpha value is -2.11. The van der Waals surface area contributed by atoms with E-state index in [2.05, 4.69) is 5.32 Å². The van der Waals surface area contributed by atoms with Gasteiger partial charge in [0.25, 0.3) is 5.91 Å². The Morgan fingerprint density at radius 1 is 1.16 bits per heavy atom. The van der Waals surface area contributed by atoms with Gasteiger partial charge in [-0.2, -0.15) is 0 Å². The van der Waals surface area contributed by atoms with Crippen LogP contribution in [0.15, 0.2) is 24.3 Å². The third kappa shape index (κ3) is 3.22. The fraction of sp³-hybridized carbons (Fsp3) is 0.278. The van der Waals surface area contributed by atoms with E-state index in [4.69, 9.17) is 37.4 Å². The second kappa shape index (κ2) is 6.65. The molecule has 0 radical (unpaired) electrons. The van der Waals surface area contributed by atoms with Crippen LogP contribution in [-0.2, 0) is 17.6 Å². The average molecular weight is 380 g/mol. The molecular formula is C18H15Cl2NO4. The number of hydrogen-bond donors (Lipinski definition) is 1. The van der Waals surface area contributed by atoms with Gasteiger partial charge in [0.1, 0.15) is 17.2 Å². The first-order chi connectivity index (χ1) is 12.1. The molecule has 0 aromatic heterocycles. The molecule has 0 aliphatic carbocycles. The van der Waals surface area contributed by atoms with Crippen LogP contribution in [0.5, 0.6) is 17.2 Å². The number of hydrogen-bond acceptors (Lipinski definition) is 4. The van der Waals surface area contributed by atoms with Crippen LogP contribution in [0.1, 0.15) is 11.1 Å². The molecule has 2 aliphatic rings. The number of ether oxygens (including phenoxy) is 3. The summed E-state index contributed by atoms with van der Waals surface area (Å²) >= 11 is 11.9. The minimum absolute atomic E-state index is 0.166. The molecule has 0 saturated heterocycles. The Morgan fingerprint density at radius 2 is 2.00 bits per heavy atom. The Bertz CT molecular complexity index is 821. The third-order valence-corrected chi connectivity index (χ3v) is 4.70. The normalized spacial score (nSPS) is 14.3. The van der Waals surface area contributed by atoms with E-state index in [1.165, 1.54) is 0 Å². The Balaban J connectivity index is 1.50. The summed E-state index contributed by atoms with van der Waals surface area (Å²) in [6, 6.07) is 6.86. The van der Waals surface area contributed by atoms with E-state index < -0.39 is 0 Å². The minimum Gasteiger partial charge on any atom is -0.493 e. The number of carbonyl (C=O) groups excluding carboxylic acids is 1. The molecule has 1 amide bonds. The van der Waals surface area contributed by atoms with Gasteiger partial charge in [0.15, 0.2) is 6.61 Å². The highest BCUT2D eigenvalue weighted by Crippen LogP contribution is 2.44. The number of rotatable bonds is 4. The topological polar surface area (TPSA) is 56.8 Å². The number of carbonyl (C=O) groups is 1. The number of anilines is 1. The zero-order valence-electron chi connectivity index (χ0n) is 13.2. The molecule has 7 heteroatoms. The lowest BCUT2D eigenvalue weighted by atomic mass is 10.0. The molecule has 5 nitrogen and oxygen atoms in total. The van der Waals surface area contributed by atoms with E-state index in [9.17, 15) is 4.79 Å². The Morgan fingerprint density at radius 3 is 2.84 bits per heavy atom. The molecule has 0 saturated carbocycles. The highest BCUT2D eigenvalue weighted by molar-refractivity contribution is 6.35. The van der Waals surface area contributed by atoms with E-state index in [0.29, 0.717) is 34.7 Å². The summed E-state index contributed by atoms with van der Waals surface area (Å²) in [4.78, 5) is 12.4. The summed E-state index contributed by atoms with van der Waals surface area (Å²) in [5.74, 6) is 1.68. The standard InChI is InChI=1S/C18H15Cl2NO4/c19-11-1-2-14(13(20)8-11)25-9-16(22)21-17-12-4-6-23-15(12)7-10-3-5-24-18(10)17/h1-2,7-8H,3-6,9H2,(H,21,22). The first kappa shape index (κ1) is 16.4. The Kier molecular flexibility index (Phi) is 4.36. The van der Waals surface area contributed by atoms with Crippen molar-refractivity contribution in [3.8, 4) is 17.2 Å². The lowest BCUT2D eigenvalue weighted by Crippen LogP contribution is -2.21. The van der Waals surface area contributed by atoms with Gasteiger partial charge < -0.3 is 19.5 Å². The van der Waals surface area contributed by atoms with Gasteiger partial charge in [0.2, 0.25) is 0 Å². The summed E-state index contributed by atoms with van der Waals surface area (Å²) < 4.78 is 16.8. The molecule has 0 spiro atoms. The van der Waals surface area contributed by atoms with Gasteiger partial charge in [-0.05, 0) is 24.3 Å². The van der Waals surface area contributed by atoms with Crippen LogP contribution < -0.4 is 19.5 Å². The van der Waals surface area contributed by atoms with Crippen LogP contribution in [0.2, 0.25) is 10.0 Å². The highest BCUT2D eigenvalue weighted by Gasteiger charge is 2.27. The molecule has 4 rings (SSSR count). The van der Waals surface area contributed by atoms with E-state index >= 15 is 0 Å². The zero-order chi connectivity index (χ0) is 17.4. The molecular weight excluding hydrogens is 365 g/mol. The smallest absolute Gasteiger partial charge is 0.262 e. The third-order valence-electron chi connectivity index (χ3n) is 4.17. The van der Waals surface area contributed by atoms with Crippen LogP contribution in [0.3, 0.4) is 0 Å². The molecule has 0 atom stereocenters. The fourth-order valence-corrected chi connectivity index (χ4v) is 3.49. The summed E-state index contributed by atoms with van der Waals surface area (Å²) in [5, 5.41) is 3.77. The van der Waals surface area contributed by atoms with Crippen molar-refractivity contribution in [2.75, 3.05) is 25.1 Å². The number of nitrogens with one attached hydrogen (secondary N) is 1. The fourth-order valence-electron chi connectivity index (χ4n) is 3.03. The maximum atomic E-state index is 12.4. The van der Waals surface area contributed by atoms with Gasteiger partial charge in [0, 0.05) is 29.0 Å². The van der Waals surface area contributed by atoms with Crippen molar-refractivity contribution in [3.05, 3.63) is 45.4 Å². The van der Waals surface area contributed by atoms with E-state index in [1.807, 2.05) is 6.07 Å². The first-order valence-electron chi connectivity index (χ1n) is 7.94. The molecule has 1 N–H and O–H groups in total. The van der Waals surface area contributed by atoms with Crippen molar-refractivity contribution in [1.82, 2.24) is 0 Å². The molecule has 2 heterocycles. The largest absolute Gasteiger partial charge is 0.493 e. The number of halogens is 2. The van der Waals surface area contributed by atoms with Crippen LogP contribution in [0, 0.1) is 0 Å².